The molecule has 15 heavy (non-hydrogen) atoms. The van der Waals surface area contributed by atoms with Gasteiger partial charge in [-0.15, -0.1) is 0 Å². The lowest BCUT2D eigenvalue weighted by Gasteiger charge is -2.20. The van der Waals surface area contributed by atoms with Crippen molar-refractivity contribution >= 4 is 0 Å². The summed E-state index contributed by atoms with van der Waals surface area (Å²) in [4.78, 5) is 4.12. The Morgan fingerprint density at radius 3 is 2.80 bits per heavy atom. The van der Waals surface area contributed by atoms with Crippen LogP contribution in [0.3, 0.4) is 0 Å². The van der Waals surface area contributed by atoms with Crippen LogP contribution in [-0.2, 0) is 0 Å². The SMILES string of the molecule is CCC(CC(CN)CO)c1cccnc1. The van der Waals surface area contributed by atoms with E-state index in [4.69, 9.17) is 10.8 Å². The van der Waals surface area contributed by atoms with Crippen molar-refractivity contribution in [2.45, 2.75) is 25.7 Å². The smallest absolute Gasteiger partial charge is 0.0471 e. The molecular weight excluding hydrogens is 188 g/mol. The van der Waals surface area contributed by atoms with Gasteiger partial charge in [0.1, 0.15) is 0 Å². The first-order valence-electron chi connectivity index (χ1n) is 5.52. The molecule has 0 radical (unpaired) electrons. The van der Waals surface area contributed by atoms with Gasteiger partial charge in [-0.05, 0) is 42.9 Å². The van der Waals surface area contributed by atoms with Crippen molar-refractivity contribution in [3.8, 4) is 0 Å². The van der Waals surface area contributed by atoms with Gasteiger partial charge in [0.25, 0.3) is 0 Å². The minimum Gasteiger partial charge on any atom is -0.396 e. The molecule has 3 nitrogen and oxygen atoms in total. The molecule has 0 bridgehead atoms. The van der Waals surface area contributed by atoms with Crippen molar-refractivity contribution in [1.82, 2.24) is 4.98 Å². The summed E-state index contributed by atoms with van der Waals surface area (Å²) in [5.74, 6) is 0.662. The first kappa shape index (κ1) is 12.1. The lowest BCUT2D eigenvalue weighted by Crippen LogP contribution is -2.20. The molecule has 0 aliphatic heterocycles. The summed E-state index contributed by atoms with van der Waals surface area (Å²) in [7, 11) is 0. The average molecular weight is 208 g/mol. The number of aliphatic hydroxyl groups is 1. The first-order chi connectivity index (χ1) is 7.31. The van der Waals surface area contributed by atoms with Crippen molar-refractivity contribution < 1.29 is 5.11 Å². The molecule has 1 aromatic rings. The zero-order valence-corrected chi connectivity index (χ0v) is 9.26. The maximum atomic E-state index is 9.12. The van der Waals surface area contributed by atoms with Crippen molar-refractivity contribution in [3.05, 3.63) is 30.1 Å². The molecule has 0 saturated heterocycles. The third-order valence-electron chi connectivity index (χ3n) is 2.86. The maximum Gasteiger partial charge on any atom is 0.0471 e. The van der Waals surface area contributed by atoms with Crippen LogP contribution in [0.2, 0.25) is 0 Å². The van der Waals surface area contributed by atoms with E-state index >= 15 is 0 Å². The van der Waals surface area contributed by atoms with E-state index in [9.17, 15) is 0 Å². The topological polar surface area (TPSA) is 59.1 Å². The van der Waals surface area contributed by atoms with E-state index in [-0.39, 0.29) is 12.5 Å². The predicted molar refractivity (Wildman–Crippen MR) is 61.5 cm³/mol. The van der Waals surface area contributed by atoms with Crippen LogP contribution in [0.25, 0.3) is 0 Å². The number of hydrogen-bond donors (Lipinski definition) is 2. The second kappa shape index (κ2) is 6.53. The molecule has 0 aliphatic rings. The van der Waals surface area contributed by atoms with Crippen LogP contribution < -0.4 is 5.73 Å². The average Bonchev–Trinajstić information content (AvgIpc) is 2.32. The molecule has 84 valence electrons. The molecule has 3 heteroatoms. The highest BCUT2D eigenvalue weighted by Crippen LogP contribution is 2.25. The molecule has 2 unspecified atom stereocenters. The number of nitrogens with two attached hydrogens (primary N) is 1. The van der Waals surface area contributed by atoms with Crippen molar-refractivity contribution in [2.24, 2.45) is 11.7 Å². The van der Waals surface area contributed by atoms with E-state index in [1.54, 1.807) is 6.20 Å². The van der Waals surface area contributed by atoms with Crippen molar-refractivity contribution in [1.29, 1.82) is 0 Å². The maximum absolute atomic E-state index is 9.12. The van der Waals surface area contributed by atoms with Crippen LogP contribution in [-0.4, -0.2) is 23.2 Å². The van der Waals surface area contributed by atoms with Crippen LogP contribution in [0.4, 0.5) is 0 Å². The van der Waals surface area contributed by atoms with E-state index in [1.807, 2.05) is 12.3 Å². The van der Waals surface area contributed by atoms with E-state index < -0.39 is 0 Å². The summed E-state index contributed by atoms with van der Waals surface area (Å²) >= 11 is 0. The Labute approximate surface area is 91.3 Å². The summed E-state index contributed by atoms with van der Waals surface area (Å²) < 4.78 is 0. The molecule has 0 aliphatic carbocycles. The largest absolute Gasteiger partial charge is 0.396 e. The van der Waals surface area contributed by atoms with Gasteiger partial charge in [0.05, 0.1) is 0 Å². The zero-order chi connectivity index (χ0) is 11.1. The van der Waals surface area contributed by atoms with E-state index in [1.165, 1.54) is 5.56 Å². The molecule has 0 spiro atoms. The second-order valence-electron chi connectivity index (χ2n) is 3.91. The summed E-state index contributed by atoms with van der Waals surface area (Å²) in [6.07, 6.45) is 5.68. The molecule has 1 aromatic heterocycles. The van der Waals surface area contributed by atoms with E-state index in [0.29, 0.717) is 12.5 Å². The van der Waals surface area contributed by atoms with Crippen molar-refractivity contribution in [3.63, 3.8) is 0 Å². The van der Waals surface area contributed by atoms with Gasteiger partial charge in [-0.3, -0.25) is 4.98 Å². The first-order valence-corrected chi connectivity index (χ1v) is 5.52. The Morgan fingerprint density at radius 2 is 2.33 bits per heavy atom. The highest BCUT2D eigenvalue weighted by molar-refractivity contribution is 5.14. The van der Waals surface area contributed by atoms with Gasteiger partial charge >= 0.3 is 0 Å². The Kier molecular flexibility index (Phi) is 5.29. The lowest BCUT2D eigenvalue weighted by molar-refractivity contribution is 0.214. The fourth-order valence-corrected chi connectivity index (χ4v) is 1.80. The monoisotopic (exact) mass is 208 g/mol. The lowest BCUT2D eigenvalue weighted by atomic mass is 9.88. The predicted octanol–water partition coefficient (Wildman–Crippen LogP) is 1.53. The van der Waals surface area contributed by atoms with Crippen LogP contribution in [0, 0.1) is 5.92 Å². The summed E-state index contributed by atoms with van der Waals surface area (Å²) in [5.41, 5.74) is 6.83. The normalized spacial score (nSPS) is 14.9. The highest BCUT2D eigenvalue weighted by Gasteiger charge is 2.15. The van der Waals surface area contributed by atoms with E-state index in [0.717, 1.165) is 12.8 Å². The molecular formula is C12H20N2O. The van der Waals surface area contributed by atoms with Gasteiger partial charge in [-0.1, -0.05) is 13.0 Å². The number of pyridine rings is 1. The van der Waals surface area contributed by atoms with Gasteiger partial charge < -0.3 is 10.8 Å². The second-order valence-corrected chi connectivity index (χ2v) is 3.91. The molecule has 0 saturated carbocycles. The van der Waals surface area contributed by atoms with Crippen LogP contribution in [0.5, 0.6) is 0 Å². The van der Waals surface area contributed by atoms with Gasteiger partial charge in [0.2, 0.25) is 0 Å². The Balaban J connectivity index is 2.64. The summed E-state index contributed by atoms with van der Waals surface area (Å²) in [6.45, 7) is 2.88. The Bertz CT molecular complexity index is 260. The Hall–Kier alpha value is -0.930. The minimum absolute atomic E-state index is 0.174. The molecule has 3 N–H and O–H groups in total. The minimum atomic E-state index is 0.174. The molecule has 1 heterocycles. The van der Waals surface area contributed by atoms with Gasteiger partial charge in [0, 0.05) is 19.0 Å². The number of aromatic nitrogens is 1. The highest BCUT2D eigenvalue weighted by atomic mass is 16.3. The fourth-order valence-electron chi connectivity index (χ4n) is 1.80. The van der Waals surface area contributed by atoms with Gasteiger partial charge in [-0.2, -0.15) is 0 Å². The number of rotatable bonds is 6. The van der Waals surface area contributed by atoms with Gasteiger partial charge in [-0.25, -0.2) is 0 Å². The number of hydrogen-bond acceptors (Lipinski definition) is 3. The van der Waals surface area contributed by atoms with E-state index in [2.05, 4.69) is 18.0 Å². The molecule has 0 fully saturated rings. The van der Waals surface area contributed by atoms with Gasteiger partial charge in [0.15, 0.2) is 0 Å². The summed E-state index contributed by atoms with van der Waals surface area (Å²) in [6, 6.07) is 4.04. The third-order valence-corrected chi connectivity index (χ3v) is 2.86. The fraction of sp³-hybridized carbons (Fsp3) is 0.583. The van der Waals surface area contributed by atoms with Crippen LogP contribution in [0.15, 0.2) is 24.5 Å². The standard InChI is InChI=1S/C12H20N2O/c1-2-11(6-10(7-13)9-15)12-4-3-5-14-8-12/h3-5,8,10-11,15H,2,6-7,9,13H2,1H3. The number of nitrogens with zero attached hydrogens (tertiary/aromatic N) is 1. The number of aliphatic hydroxyl groups excluding tert-OH is 1. The molecule has 0 aromatic carbocycles. The third kappa shape index (κ3) is 3.61. The summed E-state index contributed by atoms with van der Waals surface area (Å²) in [5, 5.41) is 9.12. The zero-order valence-electron chi connectivity index (χ0n) is 9.26. The van der Waals surface area contributed by atoms with Crippen LogP contribution >= 0.6 is 0 Å². The molecule has 1 rings (SSSR count). The van der Waals surface area contributed by atoms with Crippen molar-refractivity contribution in [2.75, 3.05) is 13.2 Å². The van der Waals surface area contributed by atoms with Crippen LogP contribution in [0.1, 0.15) is 31.2 Å². The molecule has 2 atom stereocenters. The quantitative estimate of drug-likeness (QED) is 0.745. The Morgan fingerprint density at radius 1 is 1.53 bits per heavy atom. The molecule has 0 amide bonds.